The first-order valence-electron chi connectivity index (χ1n) is 10.2. The molecule has 4 aromatic rings. The molecule has 0 saturated carbocycles. The summed E-state index contributed by atoms with van der Waals surface area (Å²) < 4.78 is 14.0. The molecule has 3 N–H and O–H groups in total. The average Bonchev–Trinajstić information content (AvgIpc) is 2.77. The van der Waals surface area contributed by atoms with Crippen molar-refractivity contribution in [2.24, 2.45) is 0 Å². The fraction of sp³-hybridized carbons (Fsp3) is 0.200. The largest absolute Gasteiger partial charge is 0.328 e. The molecule has 0 radical (unpaired) electrons. The standard InChI is InChI=1S/C25H24FN3O/c1-3-17-11-13-18(14-12-17)23(19-7-6-8-20(26)15-19)27-16(2)24-28-22-10-5-4-9-21(22)25(30)29-24/h4-16,23,27H,3H2,1-2H3,(H,28,29,30)/p+1/t16-,23+/m0/s1. The molecule has 0 saturated heterocycles. The number of halogens is 1. The van der Waals surface area contributed by atoms with Crippen molar-refractivity contribution in [2.45, 2.75) is 32.4 Å². The molecule has 1 heterocycles. The van der Waals surface area contributed by atoms with Gasteiger partial charge < -0.3 is 10.3 Å². The van der Waals surface area contributed by atoms with Gasteiger partial charge in [-0.25, -0.2) is 9.37 Å². The monoisotopic (exact) mass is 402 g/mol. The highest BCUT2D eigenvalue weighted by molar-refractivity contribution is 5.77. The molecule has 0 fully saturated rings. The number of aryl methyl sites for hydroxylation is 1. The van der Waals surface area contributed by atoms with Gasteiger partial charge in [-0.1, -0.05) is 55.5 Å². The van der Waals surface area contributed by atoms with Crippen LogP contribution in [-0.2, 0) is 6.42 Å². The Morgan fingerprint density at radius 1 is 1.00 bits per heavy atom. The molecule has 0 aliphatic carbocycles. The third-order valence-corrected chi connectivity index (χ3v) is 5.50. The maximum Gasteiger partial charge on any atom is 0.258 e. The number of nitrogens with two attached hydrogens (primary N) is 1. The summed E-state index contributed by atoms with van der Waals surface area (Å²) in [4.78, 5) is 20.1. The SMILES string of the molecule is CCc1ccc([C@@H]([NH2+][C@@H](C)c2nc3ccccc3c(=O)[nH]2)c2cccc(F)c2)cc1. The van der Waals surface area contributed by atoms with Crippen molar-refractivity contribution in [3.8, 4) is 0 Å². The first kappa shape index (κ1) is 20.0. The number of rotatable bonds is 6. The molecule has 0 spiro atoms. The molecule has 3 aromatic carbocycles. The van der Waals surface area contributed by atoms with Crippen LogP contribution in [0.1, 0.15) is 48.4 Å². The van der Waals surface area contributed by atoms with Crippen molar-refractivity contribution in [1.82, 2.24) is 9.97 Å². The van der Waals surface area contributed by atoms with Crippen molar-refractivity contribution in [1.29, 1.82) is 0 Å². The summed E-state index contributed by atoms with van der Waals surface area (Å²) in [7, 11) is 0. The molecule has 0 bridgehead atoms. The molecule has 5 heteroatoms. The molecule has 1 aromatic heterocycles. The van der Waals surface area contributed by atoms with Gasteiger partial charge >= 0.3 is 0 Å². The Bertz CT molecular complexity index is 1220. The Kier molecular flexibility index (Phi) is 5.72. The number of nitrogens with one attached hydrogen (secondary N) is 1. The Labute approximate surface area is 174 Å². The van der Waals surface area contributed by atoms with Crippen LogP contribution >= 0.6 is 0 Å². The van der Waals surface area contributed by atoms with Crippen molar-refractivity contribution >= 4 is 10.9 Å². The highest BCUT2D eigenvalue weighted by Crippen LogP contribution is 2.21. The van der Waals surface area contributed by atoms with E-state index in [1.54, 1.807) is 18.2 Å². The zero-order chi connectivity index (χ0) is 21.1. The first-order chi connectivity index (χ1) is 14.5. The highest BCUT2D eigenvalue weighted by Gasteiger charge is 2.23. The first-order valence-corrected chi connectivity index (χ1v) is 10.2. The third kappa shape index (κ3) is 4.16. The van der Waals surface area contributed by atoms with Crippen molar-refractivity contribution in [3.05, 3.63) is 111 Å². The lowest BCUT2D eigenvalue weighted by Gasteiger charge is -2.21. The Balaban J connectivity index is 1.71. The van der Waals surface area contributed by atoms with Gasteiger partial charge in [-0.3, -0.25) is 4.79 Å². The van der Waals surface area contributed by atoms with E-state index < -0.39 is 0 Å². The van der Waals surface area contributed by atoms with E-state index in [4.69, 9.17) is 0 Å². The van der Waals surface area contributed by atoms with Crippen molar-refractivity contribution < 1.29 is 9.71 Å². The van der Waals surface area contributed by atoms with Gasteiger partial charge in [0.1, 0.15) is 17.9 Å². The molecule has 0 unspecified atom stereocenters. The molecular formula is C25H25FN3O+. The lowest BCUT2D eigenvalue weighted by Crippen LogP contribution is -2.86. The normalized spacial score (nSPS) is 13.3. The predicted octanol–water partition coefficient (Wildman–Crippen LogP) is 4.04. The molecular weight excluding hydrogens is 377 g/mol. The Morgan fingerprint density at radius 2 is 1.77 bits per heavy atom. The summed E-state index contributed by atoms with van der Waals surface area (Å²) in [6, 6.07) is 22.1. The van der Waals surface area contributed by atoms with Crippen molar-refractivity contribution in [3.63, 3.8) is 0 Å². The number of benzene rings is 3. The van der Waals surface area contributed by atoms with Gasteiger partial charge in [0.15, 0.2) is 5.82 Å². The van der Waals surface area contributed by atoms with Crippen LogP contribution in [0.25, 0.3) is 10.9 Å². The van der Waals surface area contributed by atoms with Crippen LogP contribution in [0.5, 0.6) is 0 Å². The summed E-state index contributed by atoms with van der Waals surface area (Å²) in [5.41, 5.74) is 3.73. The number of fused-ring (bicyclic) bond motifs is 1. The summed E-state index contributed by atoms with van der Waals surface area (Å²) in [5, 5.41) is 2.69. The summed E-state index contributed by atoms with van der Waals surface area (Å²) in [6.45, 7) is 4.12. The third-order valence-electron chi connectivity index (χ3n) is 5.50. The van der Waals surface area contributed by atoms with Gasteiger partial charge in [-0.15, -0.1) is 0 Å². The molecule has 30 heavy (non-hydrogen) atoms. The molecule has 152 valence electrons. The van der Waals surface area contributed by atoms with Gasteiger partial charge in [-0.05, 0) is 43.2 Å². The highest BCUT2D eigenvalue weighted by atomic mass is 19.1. The van der Waals surface area contributed by atoms with E-state index >= 15 is 0 Å². The van der Waals surface area contributed by atoms with E-state index in [2.05, 4.69) is 46.5 Å². The molecule has 0 amide bonds. The van der Waals surface area contributed by atoms with E-state index in [9.17, 15) is 9.18 Å². The van der Waals surface area contributed by atoms with Gasteiger partial charge in [-0.2, -0.15) is 0 Å². The summed E-state index contributed by atoms with van der Waals surface area (Å²) in [6.07, 6.45) is 0.966. The fourth-order valence-corrected chi connectivity index (χ4v) is 3.78. The van der Waals surface area contributed by atoms with Crippen LogP contribution < -0.4 is 10.9 Å². The molecule has 0 aliphatic heterocycles. The van der Waals surface area contributed by atoms with Gasteiger partial charge in [0.2, 0.25) is 0 Å². The number of quaternary nitrogens is 1. The quantitative estimate of drug-likeness (QED) is 0.511. The van der Waals surface area contributed by atoms with Crippen LogP contribution in [0.4, 0.5) is 4.39 Å². The van der Waals surface area contributed by atoms with E-state index in [1.165, 1.54) is 11.6 Å². The Morgan fingerprint density at radius 3 is 2.50 bits per heavy atom. The predicted molar refractivity (Wildman–Crippen MR) is 117 cm³/mol. The smallest absolute Gasteiger partial charge is 0.258 e. The average molecular weight is 402 g/mol. The number of nitrogens with zero attached hydrogens (tertiary/aromatic N) is 1. The van der Waals surface area contributed by atoms with E-state index in [1.807, 2.05) is 31.2 Å². The van der Waals surface area contributed by atoms with E-state index in [0.29, 0.717) is 16.7 Å². The number of aromatic nitrogens is 2. The number of H-pyrrole nitrogens is 1. The zero-order valence-electron chi connectivity index (χ0n) is 17.1. The molecule has 2 atom stereocenters. The zero-order valence-corrected chi connectivity index (χ0v) is 17.1. The maximum absolute atomic E-state index is 14.0. The lowest BCUT2D eigenvalue weighted by atomic mass is 9.96. The minimum Gasteiger partial charge on any atom is -0.328 e. The van der Waals surface area contributed by atoms with Crippen LogP contribution in [0.15, 0.2) is 77.6 Å². The van der Waals surface area contributed by atoms with Crippen molar-refractivity contribution in [2.75, 3.05) is 0 Å². The second kappa shape index (κ2) is 8.59. The summed E-state index contributed by atoms with van der Waals surface area (Å²) >= 11 is 0. The molecule has 0 aliphatic rings. The van der Waals surface area contributed by atoms with E-state index in [-0.39, 0.29) is 23.5 Å². The number of hydrogen-bond donors (Lipinski definition) is 2. The van der Waals surface area contributed by atoms with Gasteiger partial charge in [0.25, 0.3) is 5.56 Å². The molecule has 4 nitrogen and oxygen atoms in total. The molecule has 4 rings (SSSR count). The lowest BCUT2D eigenvalue weighted by molar-refractivity contribution is -0.724. The minimum absolute atomic E-state index is 0.127. The van der Waals surface area contributed by atoms with Crippen LogP contribution in [0.3, 0.4) is 0 Å². The second-order valence-electron chi connectivity index (χ2n) is 7.58. The van der Waals surface area contributed by atoms with Crippen LogP contribution in [-0.4, -0.2) is 9.97 Å². The fourth-order valence-electron chi connectivity index (χ4n) is 3.78. The topological polar surface area (TPSA) is 62.4 Å². The Hall–Kier alpha value is -3.31. The minimum atomic E-state index is -0.263. The second-order valence-corrected chi connectivity index (χ2v) is 7.58. The van der Waals surface area contributed by atoms with Crippen LogP contribution in [0.2, 0.25) is 0 Å². The number of hydrogen-bond acceptors (Lipinski definition) is 2. The van der Waals surface area contributed by atoms with Gasteiger partial charge in [0.05, 0.1) is 10.9 Å². The van der Waals surface area contributed by atoms with E-state index in [0.717, 1.165) is 17.5 Å². The maximum atomic E-state index is 14.0. The number of para-hydroxylation sites is 1. The summed E-state index contributed by atoms with van der Waals surface area (Å²) in [5.74, 6) is 0.339. The van der Waals surface area contributed by atoms with Crippen LogP contribution in [0, 0.1) is 5.82 Å². The van der Waals surface area contributed by atoms with Gasteiger partial charge in [0, 0.05) is 11.1 Å². The number of aromatic amines is 1.